The van der Waals surface area contributed by atoms with Gasteiger partial charge in [0.1, 0.15) is 0 Å². The second-order valence-electron chi connectivity index (χ2n) is 7.65. The molecule has 140 valence electrons. The lowest BCUT2D eigenvalue weighted by Gasteiger charge is -2.39. The van der Waals surface area contributed by atoms with E-state index in [1.807, 2.05) is 18.5 Å². The van der Waals surface area contributed by atoms with Gasteiger partial charge in [0.2, 0.25) is 0 Å². The number of nitrogens with zero attached hydrogens (tertiary/aromatic N) is 3. The predicted molar refractivity (Wildman–Crippen MR) is 114 cm³/mol. The Morgan fingerprint density at radius 2 is 2.11 bits per heavy atom. The van der Waals surface area contributed by atoms with E-state index in [-0.39, 0.29) is 0 Å². The van der Waals surface area contributed by atoms with Gasteiger partial charge >= 0.3 is 0 Å². The number of allylic oxidation sites excluding steroid dienone is 1. The van der Waals surface area contributed by atoms with E-state index in [9.17, 15) is 0 Å². The minimum Gasteiger partial charge on any atom is -0.366 e. The first-order valence-corrected chi connectivity index (χ1v) is 9.96. The highest BCUT2D eigenvalue weighted by Crippen LogP contribution is 2.25. The normalized spacial score (nSPS) is 24.7. The minimum atomic E-state index is 0.506. The number of aromatic nitrogens is 1. The Kier molecular flexibility index (Phi) is 5.35. The SMILES string of the molecule is C[C@@H]1CN(c2cccc(/C=C3\CCCN=C3c3cccnc3)c2)[C@@H](C)CN1. The van der Waals surface area contributed by atoms with Crippen LogP contribution in [0.25, 0.3) is 6.08 Å². The van der Waals surface area contributed by atoms with E-state index in [4.69, 9.17) is 4.99 Å². The van der Waals surface area contributed by atoms with Crippen molar-refractivity contribution < 1.29 is 0 Å². The molecular formula is C23H28N4. The molecule has 2 aliphatic rings. The molecule has 0 radical (unpaired) electrons. The van der Waals surface area contributed by atoms with Crippen LogP contribution >= 0.6 is 0 Å². The van der Waals surface area contributed by atoms with Crippen LogP contribution in [0.2, 0.25) is 0 Å². The molecule has 0 bridgehead atoms. The molecule has 1 fully saturated rings. The van der Waals surface area contributed by atoms with Gasteiger partial charge in [-0.1, -0.05) is 12.1 Å². The maximum absolute atomic E-state index is 4.80. The molecule has 27 heavy (non-hydrogen) atoms. The van der Waals surface area contributed by atoms with Crippen molar-refractivity contribution in [3.8, 4) is 0 Å². The van der Waals surface area contributed by atoms with Crippen LogP contribution in [0.3, 0.4) is 0 Å². The summed E-state index contributed by atoms with van der Waals surface area (Å²) in [5, 5.41) is 3.56. The van der Waals surface area contributed by atoms with Gasteiger partial charge in [-0.25, -0.2) is 0 Å². The summed E-state index contributed by atoms with van der Waals surface area (Å²) in [5.41, 5.74) is 6.08. The van der Waals surface area contributed by atoms with Crippen molar-refractivity contribution >= 4 is 17.5 Å². The summed E-state index contributed by atoms with van der Waals surface area (Å²) in [6.07, 6.45) is 8.22. The standard InChI is InChI=1S/C23H28N4/c1-17-16-27(18(2)14-26-17)22-9-3-6-19(13-22)12-20-7-5-11-25-23(20)21-8-4-10-24-15-21/h3-4,6,8-10,12-13,15,17-18,26H,5,7,11,14,16H2,1-2H3/b20-12+/t17-,18+/m1/s1. The number of nitrogens with one attached hydrogen (secondary N) is 1. The fourth-order valence-corrected chi connectivity index (χ4v) is 3.98. The van der Waals surface area contributed by atoms with E-state index >= 15 is 0 Å². The summed E-state index contributed by atoms with van der Waals surface area (Å²) < 4.78 is 0. The van der Waals surface area contributed by atoms with Gasteiger partial charge in [0.15, 0.2) is 0 Å². The first kappa shape index (κ1) is 17.9. The number of aliphatic imine (C=N–C) groups is 1. The third-order valence-electron chi connectivity index (χ3n) is 5.42. The fourth-order valence-electron chi connectivity index (χ4n) is 3.98. The van der Waals surface area contributed by atoms with Gasteiger partial charge in [-0.3, -0.25) is 9.98 Å². The van der Waals surface area contributed by atoms with Gasteiger partial charge in [0.05, 0.1) is 5.71 Å². The second kappa shape index (κ2) is 8.05. The van der Waals surface area contributed by atoms with Crippen molar-refractivity contribution in [3.05, 3.63) is 65.5 Å². The molecule has 0 saturated carbocycles. The molecule has 2 aromatic rings. The van der Waals surface area contributed by atoms with Crippen molar-refractivity contribution in [2.24, 2.45) is 4.99 Å². The summed E-state index contributed by atoms with van der Waals surface area (Å²) >= 11 is 0. The molecule has 2 atom stereocenters. The van der Waals surface area contributed by atoms with Gasteiger partial charge in [-0.15, -0.1) is 0 Å². The number of pyridine rings is 1. The van der Waals surface area contributed by atoms with Crippen LogP contribution in [0.4, 0.5) is 5.69 Å². The molecule has 0 unspecified atom stereocenters. The van der Waals surface area contributed by atoms with Gasteiger partial charge in [-0.2, -0.15) is 0 Å². The Morgan fingerprint density at radius 3 is 2.96 bits per heavy atom. The Hall–Kier alpha value is -2.46. The Balaban J connectivity index is 1.63. The lowest BCUT2D eigenvalue weighted by Crippen LogP contribution is -2.54. The lowest BCUT2D eigenvalue weighted by atomic mass is 9.94. The van der Waals surface area contributed by atoms with Crippen LogP contribution in [0.15, 0.2) is 59.4 Å². The molecule has 1 aromatic heterocycles. The monoisotopic (exact) mass is 360 g/mol. The van der Waals surface area contributed by atoms with Gasteiger partial charge in [0.25, 0.3) is 0 Å². The molecule has 0 amide bonds. The number of benzene rings is 1. The summed E-state index contributed by atoms with van der Waals surface area (Å²) in [5.74, 6) is 0. The predicted octanol–water partition coefficient (Wildman–Crippen LogP) is 3.93. The Morgan fingerprint density at radius 1 is 1.19 bits per heavy atom. The molecule has 4 heteroatoms. The first-order chi connectivity index (χ1) is 13.2. The number of piperazine rings is 1. The number of hydrogen-bond acceptors (Lipinski definition) is 4. The smallest absolute Gasteiger partial charge is 0.0694 e. The zero-order valence-corrected chi connectivity index (χ0v) is 16.2. The van der Waals surface area contributed by atoms with Crippen molar-refractivity contribution in [2.75, 3.05) is 24.5 Å². The second-order valence-corrected chi connectivity index (χ2v) is 7.65. The van der Waals surface area contributed by atoms with E-state index in [0.29, 0.717) is 12.1 Å². The summed E-state index contributed by atoms with van der Waals surface area (Å²) in [7, 11) is 0. The summed E-state index contributed by atoms with van der Waals surface area (Å²) in [6.45, 7) is 7.52. The number of rotatable bonds is 3. The van der Waals surface area contributed by atoms with Crippen LogP contribution in [0.5, 0.6) is 0 Å². The molecule has 0 spiro atoms. The van der Waals surface area contributed by atoms with E-state index < -0.39 is 0 Å². The van der Waals surface area contributed by atoms with Crippen LogP contribution in [0, 0.1) is 0 Å². The highest BCUT2D eigenvalue weighted by Gasteiger charge is 2.22. The Bertz CT molecular complexity index is 840. The fraction of sp³-hybridized carbons (Fsp3) is 0.391. The lowest BCUT2D eigenvalue weighted by molar-refractivity contribution is 0.425. The van der Waals surface area contributed by atoms with E-state index in [0.717, 1.165) is 43.8 Å². The van der Waals surface area contributed by atoms with Gasteiger partial charge in [-0.05, 0) is 68.2 Å². The molecule has 1 saturated heterocycles. The first-order valence-electron chi connectivity index (χ1n) is 9.96. The average molecular weight is 361 g/mol. The zero-order chi connectivity index (χ0) is 18.6. The molecular weight excluding hydrogens is 332 g/mol. The van der Waals surface area contributed by atoms with Gasteiger partial charge in [0, 0.05) is 55.4 Å². The minimum absolute atomic E-state index is 0.506. The van der Waals surface area contributed by atoms with Gasteiger partial charge < -0.3 is 10.2 Å². The maximum Gasteiger partial charge on any atom is 0.0694 e. The van der Waals surface area contributed by atoms with E-state index in [1.54, 1.807) is 0 Å². The maximum atomic E-state index is 4.80. The molecule has 3 heterocycles. The third-order valence-corrected chi connectivity index (χ3v) is 5.42. The summed E-state index contributed by atoms with van der Waals surface area (Å²) in [6, 6.07) is 14.0. The molecule has 4 rings (SSSR count). The molecule has 0 aliphatic carbocycles. The summed E-state index contributed by atoms with van der Waals surface area (Å²) in [4.78, 5) is 11.6. The third kappa shape index (κ3) is 4.11. The van der Waals surface area contributed by atoms with Crippen LogP contribution in [-0.2, 0) is 0 Å². The number of anilines is 1. The van der Waals surface area contributed by atoms with E-state index in [1.165, 1.54) is 16.8 Å². The van der Waals surface area contributed by atoms with Crippen molar-refractivity contribution in [3.63, 3.8) is 0 Å². The van der Waals surface area contributed by atoms with E-state index in [2.05, 4.69) is 65.5 Å². The topological polar surface area (TPSA) is 40.5 Å². The average Bonchev–Trinajstić information content (AvgIpc) is 2.71. The van der Waals surface area contributed by atoms with Crippen LogP contribution < -0.4 is 10.2 Å². The molecule has 4 nitrogen and oxygen atoms in total. The van der Waals surface area contributed by atoms with Crippen molar-refractivity contribution in [1.82, 2.24) is 10.3 Å². The van der Waals surface area contributed by atoms with Crippen molar-refractivity contribution in [1.29, 1.82) is 0 Å². The highest BCUT2D eigenvalue weighted by molar-refractivity contribution is 6.15. The quantitative estimate of drug-likeness (QED) is 0.901. The van der Waals surface area contributed by atoms with Crippen molar-refractivity contribution in [2.45, 2.75) is 38.8 Å². The molecule has 1 N–H and O–H groups in total. The number of hydrogen-bond donors (Lipinski definition) is 1. The van der Waals surface area contributed by atoms with Crippen LogP contribution in [-0.4, -0.2) is 42.4 Å². The van der Waals surface area contributed by atoms with Crippen LogP contribution in [0.1, 0.15) is 37.8 Å². The largest absolute Gasteiger partial charge is 0.366 e. The molecule has 1 aromatic carbocycles. The Labute approximate surface area is 162 Å². The molecule has 2 aliphatic heterocycles. The zero-order valence-electron chi connectivity index (χ0n) is 16.2. The highest BCUT2D eigenvalue weighted by atomic mass is 15.2.